The number of aromatic nitrogens is 1. The normalized spacial score (nSPS) is 11.5. The third kappa shape index (κ3) is 7.64. The second-order valence-corrected chi connectivity index (χ2v) is 13.8. The summed E-state index contributed by atoms with van der Waals surface area (Å²) in [4.78, 5) is 24.1. The molecule has 67 heavy (non-hydrogen) atoms. The molecular formula is C42H15BF20N2O2. The van der Waals surface area contributed by atoms with Crippen molar-refractivity contribution in [3.63, 3.8) is 0 Å². The van der Waals surface area contributed by atoms with Crippen LogP contribution in [0.25, 0.3) is 10.9 Å². The average molecular weight is 970 g/mol. The number of amides is 1. The molecule has 0 atom stereocenters. The van der Waals surface area contributed by atoms with Crippen molar-refractivity contribution in [3.05, 3.63) is 194 Å². The Balaban J connectivity index is 0.000000279. The van der Waals surface area contributed by atoms with Crippen LogP contribution in [0.1, 0.15) is 20.8 Å². The van der Waals surface area contributed by atoms with E-state index in [0.717, 1.165) is 10.9 Å². The van der Waals surface area contributed by atoms with Gasteiger partial charge in [0.1, 0.15) is 52.7 Å². The minimum Gasteiger partial charge on any atom is -0.360 e. The van der Waals surface area contributed by atoms with Crippen LogP contribution in [0, 0.1) is 116 Å². The molecule has 0 fully saturated rings. The van der Waals surface area contributed by atoms with Crippen LogP contribution in [-0.4, -0.2) is 17.8 Å². The highest BCUT2D eigenvalue weighted by molar-refractivity contribution is 7.20. The van der Waals surface area contributed by atoms with Gasteiger partial charge in [-0.1, -0.05) is 42.5 Å². The molecule has 0 saturated carbocycles. The number of primary amides is 1. The molecule has 1 heterocycles. The van der Waals surface area contributed by atoms with Crippen molar-refractivity contribution in [2.24, 2.45) is 5.73 Å². The monoisotopic (exact) mass is 970 g/mol. The fourth-order valence-corrected chi connectivity index (χ4v) is 7.38. The largest absolute Gasteiger partial charge is 0.360 e. The number of carbonyl (C=O) groups excluding carboxylic acids is 2. The number of para-hydroxylation sites is 1. The molecule has 1 aromatic heterocycles. The first-order valence-electron chi connectivity index (χ1n) is 17.9. The summed E-state index contributed by atoms with van der Waals surface area (Å²) < 4.78 is 296. The van der Waals surface area contributed by atoms with Crippen molar-refractivity contribution in [2.75, 3.05) is 0 Å². The standard InChI is InChI=1S/C24BF20.C18H14N2O2/c26-5-1(6(27)14(35)21(42)13(5)34)25(2-7(28)15(36)22(43)16(37)8(2)29,3-9(30)17(38)23(44)18(39)10(3)31)4-11(32)19(40)24(45)20(41)12(4)33;19-18(22)16-11-10-13-6-4-5-9-15(13)20(16)12-17(21)14-7-2-1-3-8-14/h;1-11H,12H2,(H-,19,22)/q-1;/p+1. The fraction of sp³-hybridized carbons (Fsp3) is 0.0238. The Kier molecular flexibility index (Phi) is 13.2. The van der Waals surface area contributed by atoms with Crippen molar-refractivity contribution >= 4 is 50.6 Å². The molecule has 0 spiro atoms. The molecule has 25 heteroatoms. The number of pyridine rings is 1. The molecule has 0 aliphatic carbocycles. The van der Waals surface area contributed by atoms with Gasteiger partial charge in [-0.3, -0.25) is 9.59 Å². The summed E-state index contributed by atoms with van der Waals surface area (Å²) in [5, 5.41) is 0.952. The molecule has 7 rings (SSSR count). The zero-order chi connectivity index (χ0) is 49.9. The minimum atomic E-state index is -7.22. The fourth-order valence-electron chi connectivity index (χ4n) is 7.38. The maximum Gasteiger partial charge on any atom is 0.313 e. The molecule has 0 bridgehead atoms. The molecule has 0 unspecified atom stereocenters. The topological polar surface area (TPSA) is 64.0 Å². The van der Waals surface area contributed by atoms with E-state index in [-0.39, 0.29) is 12.3 Å². The van der Waals surface area contributed by atoms with Crippen LogP contribution in [0.3, 0.4) is 0 Å². The third-order valence-electron chi connectivity index (χ3n) is 10.3. The van der Waals surface area contributed by atoms with Gasteiger partial charge in [0.15, 0.2) is 69.8 Å². The van der Waals surface area contributed by atoms with Gasteiger partial charge < -0.3 is 5.73 Å². The zero-order valence-corrected chi connectivity index (χ0v) is 32.0. The molecule has 7 aromatic rings. The predicted octanol–water partition coefficient (Wildman–Crippen LogP) is 7.96. The number of fused-ring (bicyclic) bond motifs is 1. The van der Waals surface area contributed by atoms with Gasteiger partial charge in [-0.05, 0) is 12.1 Å². The Hall–Kier alpha value is -7.47. The van der Waals surface area contributed by atoms with E-state index in [4.69, 9.17) is 5.73 Å². The second kappa shape index (κ2) is 18.1. The third-order valence-corrected chi connectivity index (χ3v) is 10.3. The molecule has 2 N–H and O–H groups in total. The van der Waals surface area contributed by atoms with Crippen molar-refractivity contribution in [2.45, 2.75) is 6.54 Å². The highest BCUT2D eigenvalue weighted by Gasteiger charge is 2.52. The van der Waals surface area contributed by atoms with E-state index in [1.54, 1.807) is 22.8 Å². The number of hydrogen-bond donors (Lipinski definition) is 1. The van der Waals surface area contributed by atoms with Crippen LogP contribution in [-0.2, 0) is 6.54 Å². The highest BCUT2D eigenvalue weighted by Crippen LogP contribution is 2.31. The van der Waals surface area contributed by atoms with Crippen molar-refractivity contribution in [3.8, 4) is 0 Å². The number of Topliss-reactive ketones (excluding diaryl/α,β-unsaturated/α-hetero) is 1. The summed E-state index contributed by atoms with van der Waals surface area (Å²) in [7, 11) is 0. The highest BCUT2D eigenvalue weighted by atomic mass is 19.2. The van der Waals surface area contributed by atoms with Crippen LogP contribution < -0.4 is 32.2 Å². The summed E-state index contributed by atoms with van der Waals surface area (Å²) in [6.45, 7) is 0.0731. The van der Waals surface area contributed by atoms with Crippen molar-refractivity contribution in [1.29, 1.82) is 0 Å². The van der Waals surface area contributed by atoms with Gasteiger partial charge in [-0.2, -0.15) is 4.57 Å². The first-order valence-corrected chi connectivity index (χ1v) is 17.9. The van der Waals surface area contributed by atoms with Gasteiger partial charge in [0.2, 0.25) is 17.8 Å². The van der Waals surface area contributed by atoms with E-state index in [1.165, 1.54) is 0 Å². The van der Waals surface area contributed by atoms with Crippen LogP contribution in [0.5, 0.6) is 0 Å². The molecule has 1 amide bonds. The minimum absolute atomic E-state index is 0.0653. The first-order chi connectivity index (χ1) is 31.4. The van der Waals surface area contributed by atoms with E-state index >= 15 is 35.1 Å². The van der Waals surface area contributed by atoms with Crippen LogP contribution >= 0.6 is 0 Å². The summed E-state index contributed by atoms with van der Waals surface area (Å²) in [5.41, 5.74) is -7.14. The van der Waals surface area contributed by atoms with Gasteiger partial charge >= 0.3 is 5.91 Å². The van der Waals surface area contributed by atoms with E-state index in [9.17, 15) is 62.3 Å². The average Bonchev–Trinajstić information content (AvgIpc) is 3.31. The molecule has 0 aliphatic rings. The molecule has 348 valence electrons. The van der Waals surface area contributed by atoms with E-state index in [0.29, 0.717) is 11.3 Å². The lowest BCUT2D eigenvalue weighted by atomic mass is 9.12. The second-order valence-electron chi connectivity index (χ2n) is 13.8. The number of ketones is 1. The smallest absolute Gasteiger partial charge is 0.313 e. The van der Waals surface area contributed by atoms with Crippen molar-refractivity contribution < 1.29 is 102 Å². The van der Waals surface area contributed by atoms with E-state index in [2.05, 4.69) is 0 Å². The molecule has 4 nitrogen and oxygen atoms in total. The number of nitrogens with two attached hydrogens (primary N) is 1. The van der Waals surface area contributed by atoms with E-state index < -0.39 is 150 Å². The summed E-state index contributed by atoms with van der Waals surface area (Å²) in [5.74, 6) is -72.0. The quantitative estimate of drug-likeness (QED) is 0.0420. The first kappa shape index (κ1) is 49.0. The number of benzene rings is 6. The predicted molar refractivity (Wildman–Crippen MR) is 193 cm³/mol. The number of nitrogens with zero attached hydrogens (tertiary/aromatic N) is 1. The van der Waals surface area contributed by atoms with Crippen LogP contribution in [0.4, 0.5) is 87.8 Å². The SMILES string of the molecule is Fc1c(F)c(F)c([B-](c2c(F)c(F)c(F)c(F)c2F)(c2c(F)c(F)c(F)c(F)c2F)c2c(F)c(F)c(F)c(F)c2F)c(F)c1F.NC(=O)c1ccc2ccccc2[n+]1CC(=O)c1ccccc1. The Morgan fingerprint density at radius 1 is 0.373 bits per heavy atom. The Morgan fingerprint density at radius 2 is 0.657 bits per heavy atom. The van der Waals surface area contributed by atoms with E-state index in [1.807, 2.05) is 48.5 Å². The van der Waals surface area contributed by atoms with Gasteiger partial charge in [-0.25, -0.2) is 87.8 Å². The summed E-state index contributed by atoms with van der Waals surface area (Å²) >= 11 is 0. The molecule has 0 radical (unpaired) electrons. The lowest BCUT2D eigenvalue weighted by Crippen LogP contribution is -2.81. The maximum atomic E-state index is 15.4. The molecule has 0 saturated heterocycles. The molecular weight excluding hydrogens is 955 g/mol. The Labute approximate surface area is 359 Å². The number of hydrogen-bond acceptors (Lipinski definition) is 2. The zero-order valence-electron chi connectivity index (χ0n) is 32.0. The summed E-state index contributed by atoms with van der Waals surface area (Å²) in [6, 6.07) is 20.1. The lowest BCUT2D eigenvalue weighted by Gasteiger charge is -2.44. The number of carbonyl (C=O) groups is 2. The van der Waals surface area contributed by atoms with Gasteiger partial charge in [0.25, 0.3) is 5.69 Å². The Bertz CT molecular complexity index is 2840. The van der Waals surface area contributed by atoms with Crippen LogP contribution in [0.2, 0.25) is 0 Å². The molecule has 0 aliphatic heterocycles. The number of rotatable bonds is 8. The lowest BCUT2D eigenvalue weighted by molar-refractivity contribution is -0.659. The summed E-state index contributed by atoms with van der Waals surface area (Å²) in [6.07, 6.45) is -7.22. The van der Waals surface area contributed by atoms with Crippen molar-refractivity contribution in [1.82, 2.24) is 0 Å². The van der Waals surface area contributed by atoms with Gasteiger partial charge in [0.05, 0.1) is 0 Å². The number of halogens is 20. The molecule has 6 aromatic carbocycles. The van der Waals surface area contributed by atoms with Gasteiger partial charge in [0, 0.05) is 23.1 Å². The van der Waals surface area contributed by atoms with Gasteiger partial charge in [-0.15, -0.1) is 21.9 Å². The Morgan fingerprint density at radius 3 is 0.970 bits per heavy atom. The maximum absolute atomic E-state index is 15.4. The van der Waals surface area contributed by atoms with Crippen LogP contribution in [0.15, 0.2) is 66.7 Å².